The summed E-state index contributed by atoms with van der Waals surface area (Å²) in [5.41, 5.74) is 3.23. The summed E-state index contributed by atoms with van der Waals surface area (Å²) in [6, 6.07) is 17.7. The van der Waals surface area contributed by atoms with Crippen molar-refractivity contribution in [1.82, 2.24) is 0 Å². The lowest BCUT2D eigenvalue weighted by molar-refractivity contribution is 0.0697. The Hall–Kier alpha value is -3.68. The fraction of sp³-hybridized carbons (Fsp3) is 0.258. The number of amides is 1. The minimum absolute atomic E-state index is 0.00702. The van der Waals surface area contributed by atoms with Crippen molar-refractivity contribution in [2.75, 3.05) is 5.32 Å². The fourth-order valence-electron chi connectivity index (χ4n) is 4.89. The van der Waals surface area contributed by atoms with Crippen LogP contribution in [0.2, 0.25) is 5.02 Å². The molecule has 2 aromatic heterocycles. The summed E-state index contributed by atoms with van der Waals surface area (Å²) in [6.45, 7) is 6.81. The SMILES string of the molecule is CC(C)(C)[C@H]1CCc2c(sc(N=Cc3ccc(-c4ccc(Cl)c(C(=O)O)c4)o3)c2C(=O)Nc2ccccc2)C1. The number of nitrogens with one attached hydrogen (secondary N) is 1. The van der Waals surface area contributed by atoms with Crippen LogP contribution >= 0.6 is 22.9 Å². The zero-order chi connectivity index (χ0) is 27.7. The van der Waals surface area contributed by atoms with E-state index in [9.17, 15) is 14.7 Å². The Morgan fingerprint density at radius 1 is 1.13 bits per heavy atom. The third-order valence-corrected chi connectivity index (χ3v) is 8.64. The van der Waals surface area contributed by atoms with E-state index in [1.165, 1.54) is 17.0 Å². The van der Waals surface area contributed by atoms with Crippen LogP contribution in [0, 0.1) is 11.3 Å². The molecule has 2 aromatic carbocycles. The summed E-state index contributed by atoms with van der Waals surface area (Å²) in [7, 11) is 0. The number of para-hydroxylation sites is 1. The van der Waals surface area contributed by atoms with Crippen molar-refractivity contribution in [3.63, 3.8) is 0 Å². The van der Waals surface area contributed by atoms with E-state index in [1.54, 1.807) is 35.8 Å². The number of furan rings is 1. The van der Waals surface area contributed by atoms with Crippen LogP contribution in [-0.2, 0) is 12.8 Å². The second-order valence-electron chi connectivity index (χ2n) is 10.8. The number of carboxylic acid groups (broad SMARTS) is 1. The van der Waals surface area contributed by atoms with Crippen LogP contribution in [0.1, 0.15) is 64.1 Å². The number of carbonyl (C=O) groups excluding carboxylic acids is 1. The molecule has 5 rings (SSSR count). The van der Waals surface area contributed by atoms with Gasteiger partial charge in [0.25, 0.3) is 5.91 Å². The van der Waals surface area contributed by atoms with Gasteiger partial charge < -0.3 is 14.8 Å². The molecule has 2 heterocycles. The monoisotopic (exact) mass is 560 g/mol. The highest BCUT2D eigenvalue weighted by Crippen LogP contribution is 2.45. The number of thiophene rings is 1. The Balaban J connectivity index is 1.46. The Kier molecular flexibility index (Phi) is 7.47. The van der Waals surface area contributed by atoms with Gasteiger partial charge in [0.05, 0.1) is 22.4 Å². The van der Waals surface area contributed by atoms with E-state index in [-0.39, 0.29) is 21.9 Å². The quantitative estimate of drug-likeness (QED) is 0.231. The van der Waals surface area contributed by atoms with Crippen molar-refractivity contribution in [3.05, 3.63) is 93.0 Å². The second-order valence-corrected chi connectivity index (χ2v) is 12.3. The number of aliphatic imine (C=N–C) groups is 1. The second kappa shape index (κ2) is 10.8. The molecule has 1 aliphatic carbocycles. The van der Waals surface area contributed by atoms with Crippen molar-refractivity contribution in [1.29, 1.82) is 0 Å². The predicted molar refractivity (Wildman–Crippen MR) is 157 cm³/mol. The molecule has 4 aromatic rings. The average molecular weight is 561 g/mol. The standard InChI is InChI=1S/C31H29ClN2O4S/c1-31(2,3)19-10-12-22-26(16-19)39-29(27(22)28(35)34-20-7-5-4-6-8-20)33-17-21-11-14-25(38-21)18-9-13-24(32)23(15-18)30(36)37/h4-9,11,13-15,17,19H,10,12,16H2,1-3H3,(H,34,35)(H,36,37)/t19-/m0/s1. The van der Waals surface area contributed by atoms with Crippen LogP contribution in [0.3, 0.4) is 0 Å². The van der Waals surface area contributed by atoms with Gasteiger partial charge in [-0.05, 0) is 78.6 Å². The van der Waals surface area contributed by atoms with Crippen LogP contribution in [0.25, 0.3) is 11.3 Å². The molecule has 0 spiro atoms. The molecule has 39 heavy (non-hydrogen) atoms. The average Bonchev–Trinajstić information content (AvgIpc) is 3.52. The van der Waals surface area contributed by atoms with E-state index in [4.69, 9.17) is 21.0 Å². The van der Waals surface area contributed by atoms with Gasteiger partial charge in [-0.15, -0.1) is 11.3 Å². The first-order valence-electron chi connectivity index (χ1n) is 12.8. The number of hydrogen-bond donors (Lipinski definition) is 2. The molecule has 1 atom stereocenters. The minimum atomic E-state index is -1.10. The number of hydrogen-bond acceptors (Lipinski definition) is 5. The van der Waals surface area contributed by atoms with Gasteiger partial charge in [-0.3, -0.25) is 4.79 Å². The molecule has 0 saturated heterocycles. The summed E-state index contributed by atoms with van der Waals surface area (Å²) in [5, 5.41) is 13.2. The van der Waals surface area contributed by atoms with Crippen molar-refractivity contribution in [2.45, 2.75) is 40.0 Å². The van der Waals surface area contributed by atoms with Gasteiger partial charge in [-0.2, -0.15) is 0 Å². The number of nitrogens with zero attached hydrogens (tertiary/aromatic N) is 1. The van der Waals surface area contributed by atoms with Crippen LogP contribution in [-0.4, -0.2) is 23.2 Å². The van der Waals surface area contributed by atoms with E-state index in [0.29, 0.717) is 33.6 Å². The molecule has 6 nitrogen and oxygen atoms in total. The molecule has 1 aliphatic rings. The smallest absolute Gasteiger partial charge is 0.337 e. The van der Waals surface area contributed by atoms with E-state index in [1.807, 2.05) is 30.3 Å². The number of fused-ring (bicyclic) bond motifs is 1. The van der Waals surface area contributed by atoms with Gasteiger partial charge >= 0.3 is 5.97 Å². The maximum absolute atomic E-state index is 13.5. The van der Waals surface area contributed by atoms with Gasteiger partial charge in [0.1, 0.15) is 16.5 Å². The minimum Gasteiger partial charge on any atom is -0.478 e. The lowest BCUT2D eigenvalue weighted by Gasteiger charge is -2.33. The van der Waals surface area contributed by atoms with E-state index >= 15 is 0 Å². The van der Waals surface area contributed by atoms with Crippen molar-refractivity contribution in [3.8, 4) is 11.3 Å². The first-order valence-corrected chi connectivity index (χ1v) is 14.0. The normalized spacial score (nSPS) is 15.3. The zero-order valence-electron chi connectivity index (χ0n) is 22.0. The zero-order valence-corrected chi connectivity index (χ0v) is 23.5. The molecule has 0 bridgehead atoms. The maximum atomic E-state index is 13.5. The van der Waals surface area contributed by atoms with Crippen molar-refractivity contribution < 1.29 is 19.1 Å². The van der Waals surface area contributed by atoms with Gasteiger partial charge in [0, 0.05) is 16.1 Å². The molecular formula is C31H29ClN2O4S. The largest absolute Gasteiger partial charge is 0.478 e. The lowest BCUT2D eigenvalue weighted by atomic mass is 9.72. The highest BCUT2D eigenvalue weighted by atomic mass is 35.5. The Bertz CT molecular complexity index is 1560. The molecule has 0 fully saturated rings. The molecule has 0 aliphatic heterocycles. The first-order chi connectivity index (χ1) is 18.6. The molecule has 1 amide bonds. The van der Waals surface area contributed by atoms with Gasteiger partial charge in [0.15, 0.2) is 0 Å². The van der Waals surface area contributed by atoms with E-state index in [2.05, 4.69) is 26.1 Å². The number of halogens is 1. The van der Waals surface area contributed by atoms with Crippen LogP contribution in [0.5, 0.6) is 0 Å². The Morgan fingerprint density at radius 3 is 2.62 bits per heavy atom. The molecule has 0 saturated carbocycles. The Labute approximate surface area is 236 Å². The highest BCUT2D eigenvalue weighted by molar-refractivity contribution is 7.16. The summed E-state index contributed by atoms with van der Waals surface area (Å²) < 4.78 is 5.94. The summed E-state index contributed by atoms with van der Waals surface area (Å²) >= 11 is 7.58. The fourth-order valence-corrected chi connectivity index (χ4v) is 6.36. The first kappa shape index (κ1) is 26.9. The third-order valence-electron chi connectivity index (χ3n) is 7.15. The van der Waals surface area contributed by atoms with Gasteiger partial charge in [0.2, 0.25) is 0 Å². The maximum Gasteiger partial charge on any atom is 0.337 e. The van der Waals surface area contributed by atoms with Crippen molar-refractivity contribution >= 4 is 51.7 Å². The molecule has 0 radical (unpaired) electrons. The highest BCUT2D eigenvalue weighted by Gasteiger charge is 2.33. The predicted octanol–water partition coefficient (Wildman–Crippen LogP) is 8.51. The van der Waals surface area contributed by atoms with Crippen LogP contribution < -0.4 is 5.32 Å². The Morgan fingerprint density at radius 2 is 1.90 bits per heavy atom. The number of rotatable bonds is 6. The number of carboxylic acids is 1. The summed E-state index contributed by atoms with van der Waals surface area (Å²) in [5.74, 6) is 0.254. The van der Waals surface area contributed by atoms with E-state index < -0.39 is 5.97 Å². The number of aromatic carboxylic acids is 1. The van der Waals surface area contributed by atoms with Gasteiger partial charge in [-0.25, -0.2) is 9.79 Å². The third kappa shape index (κ3) is 5.84. The molecule has 200 valence electrons. The topological polar surface area (TPSA) is 91.9 Å². The van der Waals surface area contributed by atoms with Gasteiger partial charge in [-0.1, -0.05) is 50.6 Å². The number of anilines is 1. The van der Waals surface area contributed by atoms with Crippen molar-refractivity contribution in [2.24, 2.45) is 16.3 Å². The molecular weight excluding hydrogens is 532 g/mol. The van der Waals surface area contributed by atoms with Crippen LogP contribution in [0.4, 0.5) is 10.7 Å². The lowest BCUT2D eigenvalue weighted by Crippen LogP contribution is -2.27. The summed E-state index contributed by atoms with van der Waals surface area (Å²) in [6.07, 6.45) is 4.41. The summed E-state index contributed by atoms with van der Waals surface area (Å²) in [4.78, 5) is 30.9. The van der Waals surface area contributed by atoms with E-state index in [0.717, 1.165) is 30.5 Å². The molecule has 2 N–H and O–H groups in total. The number of benzene rings is 2. The molecule has 0 unspecified atom stereocenters. The molecule has 8 heteroatoms. The van der Waals surface area contributed by atoms with Crippen LogP contribution in [0.15, 0.2) is 70.1 Å². The number of carbonyl (C=O) groups is 2.